The average Bonchev–Trinajstić information content (AvgIpc) is 2.79. The first-order valence-electron chi connectivity index (χ1n) is 13.6. The molecule has 3 unspecified atom stereocenters. The van der Waals surface area contributed by atoms with E-state index < -0.39 is 36.3 Å². The van der Waals surface area contributed by atoms with Crippen molar-refractivity contribution in [2.24, 2.45) is 0 Å². The van der Waals surface area contributed by atoms with Crippen molar-refractivity contribution in [2.45, 2.75) is 118 Å². The lowest BCUT2D eigenvalue weighted by molar-refractivity contribution is -0.143. The van der Waals surface area contributed by atoms with Gasteiger partial charge in [-0.15, -0.1) is 0 Å². The number of benzene rings is 1. The highest BCUT2D eigenvalue weighted by Gasteiger charge is 2.37. The zero-order valence-corrected chi connectivity index (χ0v) is 24.1. The molecule has 210 valence electrons. The van der Waals surface area contributed by atoms with Gasteiger partial charge in [0.15, 0.2) is 0 Å². The first-order valence-corrected chi connectivity index (χ1v) is 13.6. The van der Waals surface area contributed by atoms with Crippen LogP contribution in [0.5, 0.6) is 0 Å². The summed E-state index contributed by atoms with van der Waals surface area (Å²) in [7, 11) is 0. The van der Waals surface area contributed by atoms with Gasteiger partial charge in [-0.1, -0.05) is 63.3 Å². The number of alkyl carbamates (subject to hydrolysis) is 1. The minimum Gasteiger partial charge on any atom is -0.444 e. The molecule has 0 aliphatic carbocycles. The molecule has 0 fully saturated rings. The van der Waals surface area contributed by atoms with Crippen LogP contribution in [-0.4, -0.2) is 58.8 Å². The largest absolute Gasteiger partial charge is 0.444 e. The molecule has 0 saturated heterocycles. The summed E-state index contributed by atoms with van der Waals surface area (Å²) < 4.78 is 5.31. The molecule has 0 spiro atoms. The Morgan fingerprint density at radius 3 is 2.27 bits per heavy atom. The number of nitrogens with zero attached hydrogens (tertiary/aromatic N) is 1. The molecular formula is C29H49N3O5. The quantitative estimate of drug-likeness (QED) is 0.302. The Balaban J connectivity index is 3.48. The number of nitrogens with one attached hydrogen (secondary N) is 2. The molecule has 3 N–H and O–H groups in total. The summed E-state index contributed by atoms with van der Waals surface area (Å²) in [6.07, 6.45) is 4.57. The predicted octanol–water partition coefficient (Wildman–Crippen LogP) is 4.94. The highest BCUT2D eigenvalue weighted by atomic mass is 16.6. The maximum absolute atomic E-state index is 13.9. The first kappa shape index (κ1) is 32.4. The Bertz CT molecular complexity index is 881. The van der Waals surface area contributed by atoms with Crippen LogP contribution in [0.3, 0.4) is 0 Å². The molecule has 0 aliphatic heterocycles. The van der Waals surface area contributed by atoms with Crippen LogP contribution >= 0.6 is 0 Å². The second kappa shape index (κ2) is 15.6. The van der Waals surface area contributed by atoms with Crippen LogP contribution < -0.4 is 10.6 Å². The number of unbranched alkanes of at least 4 members (excludes halogenated alkanes) is 3. The lowest BCUT2D eigenvalue weighted by Gasteiger charge is -2.35. The molecule has 0 radical (unpaired) electrons. The van der Waals surface area contributed by atoms with E-state index in [1.807, 2.05) is 39.0 Å². The van der Waals surface area contributed by atoms with E-state index in [9.17, 15) is 19.5 Å². The Morgan fingerprint density at radius 1 is 1.03 bits per heavy atom. The van der Waals surface area contributed by atoms with Crippen LogP contribution in [0.1, 0.15) is 103 Å². The van der Waals surface area contributed by atoms with E-state index in [4.69, 9.17) is 4.74 Å². The summed E-state index contributed by atoms with van der Waals surface area (Å²) in [5.41, 5.74) is 1.84. The van der Waals surface area contributed by atoms with Crippen LogP contribution in [0.2, 0.25) is 0 Å². The van der Waals surface area contributed by atoms with Crippen LogP contribution in [0.4, 0.5) is 4.79 Å². The third-order valence-corrected chi connectivity index (χ3v) is 6.11. The second-order valence-electron chi connectivity index (χ2n) is 10.9. The molecule has 0 heterocycles. The Kier molecular flexibility index (Phi) is 13.7. The van der Waals surface area contributed by atoms with E-state index in [0.717, 1.165) is 48.8 Å². The molecule has 3 atom stereocenters. The van der Waals surface area contributed by atoms with Gasteiger partial charge in [-0.25, -0.2) is 4.79 Å². The van der Waals surface area contributed by atoms with Crippen molar-refractivity contribution in [3.05, 3.63) is 34.9 Å². The summed E-state index contributed by atoms with van der Waals surface area (Å²) in [6.45, 7) is 14.9. The third kappa shape index (κ3) is 11.1. The van der Waals surface area contributed by atoms with Gasteiger partial charge in [-0.05, 0) is 65.5 Å². The number of aliphatic hydroxyl groups is 1. The highest BCUT2D eigenvalue weighted by Crippen LogP contribution is 2.27. The molecule has 1 aromatic carbocycles. The molecule has 0 aliphatic rings. The molecule has 8 nitrogen and oxygen atoms in total. The fourth-order valence-corrected chi connectivity index (χ4v) is 4.24. The minimum atomic E-state index is -1.24. The number of amides is 3. The van der Waals surface area contributed by atoms with Gasteiger partial charge in [0.2, 0.25) is 11.8 Å². The topological polar surface area (TPSA) is 108 Å². The maximum atomic E-state index is 13.9. The lowest BCUT2D eigenvalue weighted by Crippen LogP contribution is -2.55. The summed E-state index contributed by atoms with van der Waals surface area (Å²) in [6, 6.07) is 3.66. The standard InChI is InChI=1S/C29H49N3O5/c1-9-11-12-13-17-32(27(35)24(19-33)31-28(36)37-29(6,7)8)25(26(34)30-22(5)14-10-2)23-18-20(3)15-16-21(23)4/h15-16,18,22,24-25,33H,9-14,17,19H2,1-8H3,(H,30,34)(H,31,36). The third-order valence-electron chi connectivity index (χ3n) is 6.11. The number of ether oxygens (including phenoxy) is 1. The summed E-state index contributed by atoms with van der Waals surface area (Å²) in [5, 5.41) is 15.7. The SMILES string of the molecule is CCCCCCN(C(=O)C(CO)NC(=O)OC(C)(C)C)C(C(=O)NC(C)CCC)c1cc(C)ccc1C. The molecule has 0 aromatic heterocycles. The summed E-state index contributed by atoms with van der Waals surface area (Å²) in [5.74, 6) is -0.790. The number of rotatable bonds is 14. The maximum Gasteiger partial charge on any atom is 0.408 e. The first-order chi connectivity index (χ1) is 17.3. The van der Waals surface area contributed by atoms with Gasteiger partial charge in [-0.2, -0.15) is 0 Å². The van der Waals surface area contributed by atoms with Crippen molar-refractivity contribution < 1.29 is 24.2 Å². The smallest absolute Gasteiger partial charge is 0.408 e. The van der Waals surface area contributed by atoms with E-state index in [1.165, 1.54) is 4.90 Å². The molecule has 0 saturated carbocycles. The van der Waals surface area contributed by atoms with Crippen molar-refractivity contribution in [3.63, 3.8) is 0 Å². The van der Waals surface area contributed by atoms with Crippen molar-refractivity contribution in [2.75, 3.05) is 13.2 Å². The van der Waals surface area contributed by atoms with Crippen molar-refractivity contribution in [3.8, 4) is 0 Å². The second-order valence-corrected chi connectivity index (χ2v) is 10.9. The van der Waals surface area contributed by atoms with Crippen molar-refractivity contribution in [1.29, 1.82) is 0 Å². The molecule has 1 aromatic rings. The Morgan fingerprint density at radius 2 is 1.70 bits per heavy atom. The Hall–Kier alpha value is -2.61. The van der Waals surface area contributed by atoms with Gasteiger partial charge in [0, 0.05) is 12.6 Å². The fraction of sp³-hybridized carbons (Fsp3) is 0.690. The fourth-order valence-electron chi connectivity index (χ4n) is 4.24. The average molecular weight is 520 g/mol. The number of carbonyl (C=O) groups excluding carboxylic acids is 3. The van der Waals surface area contributed by atoms with Gasteiger partial charge in [0.05, 0.1) is 6.61 Å². The van der Waals surface area contributed by atoms with E-state index in [2.05, 4.69) is 24.5 Å². The van der Waals surface area contributed by atoms with Crippen molar-refractivity contribution >= 4 is 17.9 Å². The Labute approximate surface area is 223 Å². The molecule has 1 rings (SSSR count). The molecule has 37 heavy (non-hydrogen) atoms. The molecule has 0 bridgehead atoms. The zero-order valence-electron chi connectivity index (χ0n) is 24.1. The van der Waals surface area contributed by atoms with E-state index in [1.54, 1.807) is 20.8 Å². The number of aliphatic hydroxyl groups excluding tert-OH is 1. The monoisotopic (exact) mass is 519 g/mol. The summed E-state index contributed by atoms with van der Waals surface area (Å²) in [4.78, 5) is 41.6. The minimum absolute atomic E-state index is 0.0596. The van der Waals surface area contributed by atoms with Crippen LogP contribution in [0.25, 0.3) is 0 Å². The van der Waals surface area contributed by atoms with Gasteiger partial charge < -0.3 is 25.4 Å². The normalized spacial score (nSPS) is 13.9. The van der Waals surface area contributed by atoms with Gasteiger partial charge in [0.1, 0.15) is 17.7 Å². The van der Waals surface area contributed by atoms with Crippen LogP contribution in [-0.2, 0) is 14.3 Å². The summed E-state index contributed by atoms with van der Waals surface area (Å²) >= 11 is 0. The van der Waals surface area contributed by atoms with Crippen molar-refractivity contribution in [1.82, 2.24) is 15.5 Å². The highest BCUT2D eigenvalue weighted by molar-refractivity contribution is 5.92. The number of aryl methyl sites for hydroxylation is 2. The van der Waals surface area contributed by atoms with Gasteiger partial charge >= 0.3 is 6.09 Å². The number of carbonyl (C=O) groups is 3. The molecule has 8 heteroatoms. The molecular weight excluding hydrogens is 470 g/mol. The van der Waals surface area contributed by atoms with Gasteiger partial charge in [0.25, 0.3) is 0 Å². The molecule has 3 amide bonds. The number of hydrogen-bond acceptors (Lipinski definition) is 5. The zero-order chi connectivity index (χ0) is 28.2. The van der Waals surface area contributed by atoms with Gasteiger partial charge in [-0.3, -0.25) is 9.59 Å². The van der Waals surface area contributed by atoms with Crippen LogP contribution in [0.15, 0.2) is 18.2 Å². The van der Waals surface area contributed by atoms with E-state index in [0.29, 0.717) is 13.0 Å². The van der Waals surface area contributed by atoms with E-state index >= 15 is 0 Å². The van der Waals surface area contributed by atoms with E-state index in [-0.39, 0.29) is 11.9 Å². The number of hydrogen-bond donors (Lipinski definition) is 3. The predicted molar refractivity (Wildman–Crippen MR) is 147 cm³/mol. The van der Waals surface area contributed by atoms with Crippen LogP contribution in [0, 0.1) is 13.8 Å². The lowest BCUT2D eigenvalue weighted by atomic mass is 9.95.